The van der Waals surface area contributed by atoms with E-state index >= 15 is 0 Å². The molecule has 0 atom stereocenters. The van der Waals surface area contributed by atoms with Crippen molar-refractivity contribution in [3.05, 3.63) is 33.0 Å². The zero-order valence-corrected chi connectivity index (χ0v) is 12.3. The summed E-state index contributed by atoms with van der Waals surface area (Å²) < 4.78 is 1.93. The lowest BCUT2D eigenvalue weighted by Crippen LogP contribution is -2.14. The van der Waals surface area contributed by atoms with E-state index in [2.05, 4.69) is 41.6 Å². The number of hydrogen-bond donors (Lipinski definition) is 1. The van der Waals surface area contributed by atoms with Crippen LogP contribution in [0.3, 0.4) is 0 Å². The van der Waals surface area contributed by atoms with Gasteiger partial charge in [-0.25, -0.2) is 4.98 Å². The molecule has 2 heterocycles. The van der Waals surface area contributed by atoms with Crippen LogP contribution in [-0.4, -0.2) is 14.8 Å². The lowest BCUT2D eigenvalue weighted by atomic mass is 10.2. The SMILES string of the molecule is CCc1nc(CNCc2c(C)nn(C)c2C)cs1. The molecule has 0 aliphatic carbocycles. The Morgan fingerprint density at radius 1 is 1.33 bits per heavy atom. The molecule has 0 bridgehead atoms. The molecule has 0 aromatic carbocycles. The number of nitrogens with one attached hydrogen (secondary N) is 1. The summed E-state index contributed by atoms with van der Waals surface area (Å²) in [5.41, 5.74) is 4.77. The van der Waals surface area contributed by atoms with Crippen molar-refractivity contribution in [2.24, 2.45) is 7.05 Å². The number of aryl methyl sites for hydroxylation is 3. The number of nitrogens with zero attached hydrogens (tertiary/aromatic N) is 3. The van der Waals surface area contributed by atoms with Gasteiger partial charge in [-0.2, -0.15) is 5.10 Å². The molecule has 0 amide bonds. The molecule has 18 heavy (non-hydrogen) atoms. The van der Waals surface area contributed by atoms with Gasteiger partial charge in [0, 0.05) is 36.8 Å². The Labute approximate surface area is 112 Å². The summed E-state index contributed by atoms with van der Waals surface area (Å²) in [7, 11) is 1.99. The Morgan fingerprint density at radius 2 is 2.11 bits per heavy atom. The topological polar surface area (TPSA) is 42.7 Å². The van der Waals surface area contributed by atoms with Gasteiger partial charge in [-0.3, -0.25) is 4.68 Å². The minimum absolute atomic E-state index is 0.824. The van der Waals surface area contributed by atoms with Gasteiger partial charge in [-0.05, 0) is 20.3 Å². The average molecular weight is 264 g/mol. The molecule has 2 aromatic heterocycles. The summed E-state index contributed by atoms with van der Waals surface area (Å²) in [6, 6.07) is 0. The van der Waals surface area contributed by atoms with Crippen LogP contribution < -0.4 is 5.32 Å². The number of rotatable bonds is 5. The highest BCUT2D eigenvalue weighted by Crippen LogP contribution is 2.13. The minimum Gasteiger partial charge on any atom is -0.307 e. The maximum absolute atomic E-state index is 4.55. The van der Waals surface area contributed by atoms with Crippen molar-refractivity contribution in [1.82, 2.24) is 20.1 Å². The second-order valence-corrected chi connectivity index (χ2v) is 5.41. The van der Waals surface area contributed by atoms with Gasteiger partial charge in [0.1, 0.15) is 0 Å². The van der Waals surface area contributed by atoms with Gasteiger partial charge in [-0.15, -0.1) is 11.3 Å². The zero-order chi connectivity index (χ0) is 13.1. The Bertz CT molecular complexity index is 527. The molecule has 0 radical (unpaired) electrons. The first-order chi connectivity index (χ1) is 8.61. The maximum Gasteiger partial charge on any atom is 0.0926 e. The second kappa shape index (κ2) is 5.63. The predicted molar refractivity (Wildman–Crippen MR) is 74.7 cm³/mol. The van der Waals surface area contributed by atoms with Gasteiger partial charge in [0.25, 0.3) is 0 Å². The summed E-state index contributed by atoms with van der Waals surface area (Å²) in [6.45, 7) is 7.98. The van der Waals surface area contributed by atoms with Crippen LogP contribution in [0.15, 0.2) is 5.38 Å². The average Bonchev–Trinajstić information content (AvgIpc) is 2.89. The standard InChI is InChI=1S/C13H20N4S/c1-5-13-15-11(8-18-13)6-14-7-12-9(2)16-17(4)10(12)3/h8,14H,5-7H2,1-4H3. The normalized spacial score (nSPS) is 11.1. The van der Waals surface area contributed by atoms with Gasteiger partial charge < -0.3 is 5.32 Å². The molecule has 0 saturated carbocycles. The molecular formula is C13H20N4S. The Morgan fingerprint density at radius 3 is 2.67 bits per heavy atom. The van der Waals surface area contributed by atoms with Crippen LogP contribution in [0.25, 0.3) is 0 Å². The first kappa shape index (κ1) is 13.2. The molecule has 0 aliphatic heterocycles. The monoisotopic (exact) mass is 264 g/mol. The second-order valence-electron chi connectivity index (χ2n) is 4.46. The summed E-state index contributed by atoms with van der Waals surface area (Å²) in [5.74, 6) is 0. The fourth-order valence-corrected chi connectivity index (χ4v) is 2.73. The Kier molecular flexibility index (Phi) is 4.14. The highest BCUT2D eigenvalue weighted by Gasteiger charge is 2.08. The molecule has 1 N–H and O–H groups in total. The predicted octanol–water partition coefficient (Wildman–Crippen LogP) is 2.35. The third-order valence-corrected chi connectivity index (χ3v) is 4.21. The molecular weight excluding hydrogens is 244 g/mol. The first-order valence-corrected chi connectivity index (χ1v) is 7.12. The van der Waals surface area contributed by atoms with E-state index in [4.69, 9.17) is 0 Å². The van der Waals surface area contributed by atoms with Crippen molar-refractivity contribution in [2.45, 2.75) is 40.3 Å². The quantitative estimate of drug-likeness (QED) is 0.901. The van der Waals surface area contributed by atoms with Gasteiger partial charge in [0.2, 0.25) is 0 Å². The van der Waals surface area contributed by atoms with Gasteiger partial charge in [-0.1, -0.05) is 6.92 Å². The van der Waals surface area contributed by atoms with E-state index in [0.717, 1.165) is 30.9 Å². The van der Waals surface area contributed by atoms with Crippen LogP contribution in [-0.2, 0) is 26.6 Å². The Hall–Kier alpha value is -1.20. The van der Waals surface area contributed by atoms with Crippen molar-refractivity contribution in [1.29, 1.82) is 0 Å². The fourth-order valence-electron chi connectivity index (χ4n) is 1.98. The number of aromatic nitrogens is 3. The molecule has 4 nitrogen and oxygen atoms in total. The van der Waals surface area contributed by atoms with Crippen LogP contribution >= 0.6 is 11.3 Å². The molecule has 5 heteroatoms. The largest absolute Gasteiger partial charge is 0.307 e. The van der Waals surface area contributed by atoms with Crippen molar-refractivity contribution < 1.29 is 0 Å². The van der Waals surface area contributed by atoms with E-state index in [1.165, 1.54) is 16.3 Å². The summed E-state index contributed by atoms with van der Waals surface area (Å²) >= 11 is 1.74. The van der Waals surface area contributed by atoms with E-state index in [1.54, 1.807) is 11.3 Å². The van der Waals surface area contributed by atoms with Gasteiger partial charge in [0.05, 0.1) is 16.4 Å². The van der Waals surface area contributed by atoms with Crippen LogP contribution in [0.4, 0.5) is 0 Å². The van der Waals surface area contributed by atoms with Crippen LogP contribution in [0.2, 0.25) is 0 Å². The molecule has 2 rings (SSSR count). The van der Waals surface area contributed by atoms with Gasteiger partial charge in [0.15, 0.2) is 0 Å². The van der Waals surface area contributed by atoms with Crippen molar-refractivity contribution in [3.63, 3.8) is 0 Å². The molecule has 98 valence electrons. The smallest absolute Gasteiger partial charge is 0.0926 e. The summed E-state index contributed by atoms with van der Waals surface area (Å²) in [5, 5.41) is 11.2. The zero-order valence-electron chi connectivity index (χ0n) is 11.4. The first-order valence-electron chi connectivity index (χ1n) is 6.25. The summed E-state index contributed by atoms with van der Waals surface area (Å²) in [6.07, 6.45) is 1.02. The van der Waals surface area contributed by atoms with E-state index in [0.29, 0.717) is 0 Å². The van der Waals surface area contributed by atoms with E-state index < -0.39 is 0 Å². The third kappa shape index (κ3) is 2.79. The third-order valence-electron chi connectivity index (χ3n) is 3.17. The molecule has 0 spiro atoms. The van der Waals surface area contributed by atoms with Crippen LogP contribution in [0.1, 0.15) is 34.6 Å². The fraction of sp³-hybridized carbons (Fsp3) is 0.538. The number of thiazole rings is 1. The number of hydrogen-bond acceptors (Lipinski definition) is 4. The van der Waals surface area contributed by atoms with Gasteiger partial charge >= 0.3 is 0 Å². The molecule has 0 aliphatic rings. The van der Waals surface area contributed by atoms with Crippen molar-refractivity contribution >= 4 is 11.3 Å². The Balaban J connectivity index is 1.92. The van der Waals surface area contributed by atoms with Crippen molar-refractivity contribution in [2.75, 3.05) is 0 Å². The highest BCUT2D eigenvalue weighted by atomic mass is 32.1. The highest BCUT2D eigenvalue weighted by molar-refractivity contribution is 7.09. The molecule has 0 fully saturated rings. The van der Waals surface area contributed by atoms with Crippen LogP contribution in [0.5, 0.6) is 0 Å². The van der Waals surface area contributed by atoms with Crippen molar-refractivity contribution in [3.8, 4) is 0 Å². The molecule has 0 saturated heterocycles. The lowest BCUT2D eigenvalue weighted by Gasteiger charge is -2.03. The van der Waals surface area contributed by atoms with E-state index in [1.807, 2.05) is 11.7 Å². The minimum atomic E-state index is 0.824. The van der Waals surface area contributed by atoms with Crippen LogP contribution in [0, 0.1) is 13.8 Å². The summed E-state index contributed by atoms with van der Waals surface area (Å²) in [4.78, 5) is 4.55. The van der Waals surface area contributed by atoms with E-state index in [-0.39, 0.29) is 0 Å². The lowest BCUT2D eigenvalue weighted by molar-refractivity contribution is 0.673. The molecule has 0 unspecified atom stereocenters. The van der Waals surface area contributed by atoms with E-state index in [9.17, 15) is 0 Å². The maximum atomic E-state index is 4.55. The molecule has 2 aromatic rings.